The summed E-state index contributed by atoms with van der Waals surface area (Å²) in [5, 5.41) is 0. The van der Waals surface area contributed by atoms with Crippen LogP contribution in [0.4, 0.5) is 65.9 Å². The average molecular weight is 1480 g/mol. The van der Waals surface area contributed by atoms with Crippen LogP contribution in [0.1, 0.15) is 20.8 Å². The maximum absolute atomic E-state index is 14.9. The van der Waals surface area contributed by atoms with Crippen LogP contribution in [0.15, 0.2) is 0 Å². The molecule has 0 fully saturated rings. The Hall–Kier alpha value is 0.265. The molecule has 0 bridgehead atoms. The van der Waals surface area contributed by atoms with Crippen molar-refractivity contribution in [2.24, 2.45) is 0 Å². The number of hydrogen-bond acceptors (Lipinski definition) is 0. The minimum absolute atomic E-state index is 0. The molecule has 0 saturated heterocycles. The quantitative estimate of drug-likeness (QED) is 0.0730. The van der Waals surface area contributed by atoms with Crippen LogP contribution in [-0.2, 0) is 22.4 Å². The molecule has 28 heteroatoms. The van der Waals surface area contributed by atoms with Gasteiger partial charge in [0.15, 0.2) is 0 Å². The molecule has 3 rings (SSSR count). The predicted octanol–water partition coefficient (Wildman–Crippen LogP) is 12.8. The van der Waals surface area contributed by atoms with Crippen molar-refractivity contribution in [2.45, 2.75) is 126 Å². The second kappa shape index (κ2) is 41.5. The molecule has 3 aromatic carbocycles. The topological polar surface area (TPSA) is 4.36 Å². The summed E-state index contributed by atoms with van der Waals surface area (Å²) in [5.74, 6) is -46.3. The summed E-state index contributed by atoms with van der Waals surface area (Å²) >= 11 is 0.459. The van der Waals surface area contributed by atoms with Gasteiger partial charge >= 0.3 is 224 Å². The van der Waals surface area contributed by atoms with E-state index in [1.165, 1.54) is 23.4 Å². The molecule has 0 heterocycles. The number of nitrogens with zero attached hydrogens (tertiary/aromatic N) is 1. The second-order valence-corrected chi connectivity index (χ2v) is 42.9. The van der Waals surface area contributed by atoms with E-state index < -0.39 is 110 Å². The van der Waals surface area contributed by atoms with E-state index in [0.717, 1.165) is 0 Å². The van der Waals surface area contributed by atoms with E-state index >= 15 is 0 Å². The molecule has 17 radical (unpaired) electrons. The van der Waals surface area contributed by atoms with Gasteiger partial charge in [0, 0.05) is 87.0 Å². The Morgan fingerprint density at radius 1 is 0.362 bits per heavy atom. The van der Waals surface area contributed by atoms with Crippen LogP contribution in [0, 0.1) is 92.2 Å². The van der Waals surface area contributed by atoms with Gasteiger partial charge in [0.1, 0.15) is 0 Å². The SMILES string of the molecule is CC[PH+](CC)CC.C[Si](C)C.C[Si](C)C.C[Si](C)C.C[Si](C)C.C[Si](C)[Si](C)C.Fc1c(F)c(F)c([B-]([N+]#[C][Ge])(c2c(F)c(F)c(F)c(F)c2F)c2c(F)c(F)c(F)c(F)c2F)c(F)c1F.[Au+].[Ge].[Ge]. The minimum Gasteiger partial charge on any atom is 0 e. The first kappa shape index (κ1) is 83.3. The van der Waals surface area contributed by atoms with Crippen molar-refractivity contribution in [1.82, 2.24) is 0 Å². The van der Waals surface area contributed by atoms with Crippen molar-refractivity contribution >= 4 is 134 Å². The van der Waals surface area contributed by atoms with Gasteiger partial charge in [-0.2, -0.15) is 0 Å². The summed E-state index contributed by atoms with van der Waals surface area (Å²) in [5.41, 5.74) is -8.42. The summed E-state index contributed by atoms with van der Waals surface area (Å²) in [6, 6.07) is 0. The molecule has 1 nitrogen and oxygen atoms in total. The van der Waals surface area contributed by atoms with Crippen LogP contribution in [0.2, 0.25) is 105 Å². The molecule has 0 aliphatic rings. The van der Waals surface area contributed by atoms with Gasteiger partial charge in [-0.3, -0.25) is 0 Å². The smallest absolute Gasteiger partial charge is 0 e. The van der Waals surface area contributed by atoms with Crippen LogP contribution < -0.4 is 16.4 Å². The van der Waals surface area contributed by atoms with Gasteiger partial charge in [-0.1, -0.05) is 105 Å². The van der Waals surface area contributed by atoms with Gasteiger partial charge in [-0.05, 0) is 28.7 Å². The molecule has 0 atom stereocenters. The van der Waals surface area contributed by atoms with E-state index in [-0.39, 0.29) is 117 Å². The van der Waals surface area contributed by atoms with Gasteiger partial charge in [-0.25, -0.2) is 0 Å². The molecule has 69 heavy (non-hydrogen) atoms. The van der Waals surface area contributed by atoms with Crippen LogP contribution in [0.25, 0.3) is 4.76 Å². The fourth-order valence-electron chi connectivity index (χ4n) is 4.44. The van der Waals surface area contributed by atoms with Crippen LogP contribution in [-0.4, -0.2) is 128 Å². The predicted molar refractivity (Wildman–Crippen MR) is 276 cm³/mol. The van der Waals surface area contributed by atoms with E-state index in [4.69, 9.17) is 0 Å². The van der Waals surface area contributed by atoms with Crippen molar-refractivity contribution in [2.75, 3.05) is 18.5 Å². The van der Waals surface area contributed by atoms with Gasteiger partial charge in [0.05, 0.1) is 18.5 Å². The Morgan fingerprint density at radius 2 is 0.493 bits per heavy atom. The largest absolute Gasteiger partial charge is 1.00 e. The molecule has 391 valence electrons. The van der Waals surface area contributed by atoms with E-state index in [9.17, 15) is 65.9 Å². The number of hydrogen-bond donors (Lipinski definition) is 0. The van der Waals surface area contributed by atoms with Gasteiger partial charge in [0.2, 0.25) is 0 Å². The van der Waals surface area contributed by atoms with Gasteiger partial charge in [-0.15, -0.1) is 0 Å². The van der Waals surface area contributed by atoms with E-state index in [0.29, 0.717) is 16.5 Å². The number of rotatable bonds is 7. The molecular formula is C41H64AuBF15Ge3NPSi6+2. The summed E-state index contributed by atoms with van der Waals surface area (Å²) in [7, 11) is 0.919. The molecule has 0 aliphatic carbocycles. The first-order valence-electron chi connectivity index (χ1n) is 20.4. The maximum Gasteiger partial charge on any atom is 1.00 e. The third-order valence-electron chi connectivity index (χ3n) is 7.74. The molecular weight excluding hydrogens is 1420 g/mol. The fraction of sp³-hybridized carbons (Fsp3) is 0.537. The molecule has 0 spiro atoms. The Balaban J connectivity index is -0.000000196. The molecule has 0 amide bonds. The number of halogens is 15. The Bertz CT molecular complexity index is 1720. The van der Waals surface area contributed by atoms with E-state index in [1.54, 1.807) is 0 Å². The normalized spacial score (nSPS) is 10.3. The van der Waals surface area contributed by atoms with Crippen molar-refractivity contribution < 1.29 is 88.2 Å². The van der Waals surface area contributed by atoms with Crippen LogP contribution >= 0.6 is 7.92 Å². The third-order valence-corrected chi connectivity index (χ3v) is 19.0. The maximum atomic E-state index is 14.9. The second-order valence-electron chi connectivity index (χ2n) is 16.8. The molecule has 0 aliphatic heterocycles. The summed E-state index contributed by atoms with van der Waals surface area (Å²) in [4.78, 5) is 1.36. The molecule has 0 saturated carbocycles. The average Bonchev–Trinajstić information content (AvgIpc) is 3.19. The number of benzene rings is 3. The first-order valence-corrected chi connectivity index (χ1v) is 41.5. The van der Waals surface area contributed by atoms with E-state index in [1.807, 2.05) is 0 Å². The standard InChI is InChI=1S/C19BF15GeN.C6H15P.C4H12Si2.4C3H9Si.Au.2Ge/c21-5-2(6(22)12(28)17(33)11(5)27)20(37-1-36,3-7(23)13(29)18(34)14(30)8(3)24)4-9(25)15(31)19(35)16(32)10(4)26;1-4-7(5-2)6-3;1-5(2)6(3)4;4*1-4(2)3;;;/h;4-6H2,1-3H3;1-4H3;4*1-3H3;;;/q;;;;;;;+1;;/p+1. The fourth-order valence-corrected chi connectivity index (χ4v) is 6.35. The van der Waals surface area contributed by atoms with Crippen LogP contribution in [0.5, 0.6) is 0 Å². The molecule has 0 unspecified atom stereocenters. The van der Waals surface area contributed by atoms with Gasteiger partial charge in [0.25, 0.3) is 0 Å². The third kappa shape index (κ3) is 27.6. The van der Waals surface area contributed by atoms with E-state index in [2.05, 4.69) is 130 Å². The first-order chi connectivity index (χ1) is 30.0. The summed E-state index contributed by atoms with van der Waals surface area (Å²) < 4.78 is 217. The summed E-state index contributed by atoms with van der Waals surface area (Å²) in [6.07, 6.45) is -1.52. The zero-order valence-corrected chi connectivity index (χ0v) is 58.1. The Labute approximate surface area is 459 Å². The zero-order valence-electron chi connectivity index (χ0n) is 42.6. The van der Waals surface area contributed by atoms with Crippen molar-refractivity contribution in [3.05, 3.63) is 92.0 Å². The van der Waals surface area contributed by atoms with Crippen molar-refractivity contribution in [1.29, 1.82) is 0 Å². The Morgan fingerprint density at radius 3 is 0.580 bits per heavy atom. The molecule has 0 N–H and O–H groups in total. The monoisotopic (exact) mass is 1480 g/mol. The zero-order chi connectivity index (χ0) is 53.5. The van der Waals surface area contributed by atoms with Crippen LogP contribution in [0.3, 0.4) is 0 Å². The molecule has 3 aromatic rings. The minimum atomic E-state index is -5.89. The molecule has 0 aromatic heterocycles. The van der Waals surface area contributed by atoms with Crippen molar-refractivity contribution in [3.8, 4) is 4.90 Å². The summed E-state index contributed by atoms with van der Waals surface area (Å²) in [6.45, 7) is 43.7. The van der Waals surface area contributed by atoms with Gasteiger partial charge < -0.3 is 0 Å². The van der Waals surface area contributed by atoms with Crippen molar-refractivity contribution in [3.63, 3.8) is 0 Å². The Kier molecular flexibility index (Phi) is 50.1.